The standard InChI is InChI=1S/C28H35N7O/c1-2-3-12-26-20-34(16-14-21-8-5-4-6-9-21)28(36)35(26)19-25-18-23(13-15-29-25)22-10-7-11-24(17-22)27-30-32-33-31-27/h7,10-11,13,15,17-18,20-21H,2-6,8-9,12,14,16,19H2,1H3,(H,30,31,32,33). The zero-order chi connectivity index (χ0) is 24.7. The molecule has 0 unspecified atom stereocenters. The van der Waals surface area contributed by atoms with Crippen LogP contribution >= 0.6 is 0 Å². The molecule has 1 fully saturated rings. The van der Waals surface area contributed by atoms with Gasteiger partial charge in [0.25, 0.3) is 0 Å². The van der Waals surface area contributed by atoms with E-state index >= 15 is 0 Å². The molecule has 36 heavy (non-hydrogen) atoms. The van der Waals surface area contributed by atoms with Crippen LogP contribution in [0.15, 0.2) is 53.6 Å². The first kappa shape index (κ1) is 24.2. The lowest BCUT2D eigenvalue weighted by molar-refractivity contribution is 0.322. The number of benzene rings is 1. The van der Waals surface area contributed by atoms with E-state index in [2.05, 4.69) is 50.9 Å². The number of nitrogens with zero attached hydrogens (tertiary/aromatic N) is 6. The molecule has 1 aromatic carbocycles. The molecule has 1 aliphatic carbocycles. The van der Waals surface area contributed by atoms with Gasteiger partial charge >= 0.3 is 5.69 Å². The van der Waals surface area contributed by atoms with Gasteiger partial charge in [-0.25, -0.2) is 4.79 Å². The van der Waals surface area contributed by atoms with Crippen molar-refractivity contribution >= 4 is 0 Å². The van der Waals surface area contributed by atoms with Gasteiger partial charge in [-0.2, -0.15) is 5.21 Å². The fourth-order valence-electron chi connectivity index (χ4n) is 5.30. The number of aromatic nitrogens is 7. The molecule has 4 aromatic rings. The van der Waals surface area contributed by atoms with E-state index in [0.717, 1.165) is 66.2 Å². The van der Waals surface area contributed by atoms with Crippen LogP contribution in [0.5, 0.6) is 0 Å². The second-order valence-corrected chi connectivity index (χ2v) is 9.93. The van der Waals surface area contributed by atoms with Crippen LogP contribution in [0.25, 0.3) is 22.5 Å². The highest BCUT2D eigenvalue weighted by atomic mass is 16.1. The quantitative estimate of drug-likeness (QED) is 0.331. The molecule has 3 aromatic heterocycles. The van der Waals surface area contributed by atoms with Crippen LogP contribution in [0.4, 0.5) is 0 Å². The molecule has 8 heteroatoms. The van der Waals surface area contributed by atoms with Crippen molar-refractivity contribution in [2.24, 2.45) is 5.92 Å². The number of unbranched alkanes of at least 4 members (excludes halogenated alkanes) is 1. The number of nitrogens with one attached hydrogen (secondary N) is 1. The number of pyridine rings is 1. The topological polar surface area (TPSA) is 94.3 Å². The predicted octanol–water partition coefficient (Wildman–Crippen LogP) is 5.25. The number of aryl methyl sites for hydroxylation is 2. The van der Waals surface area contributed by atoms with Gasteiger partial charge in [0.2, 0.25) is 5.82 Å². The highest BCUT2D eigenvalue weighted by Crippen LogP contribution is 2.27. The van der Waals surface area contributed by atoms with Crippen molar-refractivity contribution in [3.63, 3.8) is 0 Å². The lowest BCUT2D eigenvalue weighted by Crippen LogP contribution is -2.26. The number of H-pyrrole nitrogens is 1. The van der Waals surface area contributed by atoms with Gasteiger partial charge in [-0.15, -0.1) is 10.2 Å². The minimum atomic E-state index is 0.0863. The minimum absolute atomic E-state index is 0.0863. The van der Waals surface area contributed by atoms with Crippen LogP contribution in [0, 0.1) is 5.92 Å². The number of hydrogen-bond donors (Lipinski definition) is 1. The Morgan fingerprint density at radius 3 is 2.69 bits per heavy atom. The normalized spacial score (nSPS) is 14.4. The lowest BCUT2D eigenvalue weighted by atomic mass is 9.87. The van der Waals surface area contributed by atoms with Gasteiger partial charge in [-0.1, -0.05) is 63.6 Å². The van der Waals surface area contributed by atoms with E-state index in [9.17, 15) is 4.79 Å². The van der Waals surface area contributed by atoms with Crippen molar-refractivity contribution < 1.29 is 0 Å². The number of imidazole rings is 1. The van der Waals surface area contributed by atoms with Gasteiger partial charge in [0.15, 0.2) is 0 Å². The maximum absolute atomic E-state index is 13.4. The second kappa shape index (κ2) is 11.5. The Hall–Kier alpha value is -3.55. The molecule has 0 atom stereocenters. The molecule has 5 rings (SSSR count). The summed E-state index contributed by atoms with van der Waals surface area (Å²) < 4.78 is 3.87. The van der Waals surface area contributed by atoms with Crippen LogP contribution in [0.1, 0.15) is 69.7 Å². The van der Waals surface area contributed by atoms with Crippen molar-refractivity contribution in [3.05, 3.63) is 70.7 Å². The summed E-state index contributed by atoms with van der Waals surface area (Å²) in [6, 6.07) is 12.1. The Balaban J connectivity index is 1.37. The SMILES string of the molecule is CCCCc1cn(CCC2CCCCC2)c(=O)n1Cc1cc(-c2cccc(-c3nn[nH]n3)c2)ccn1. The zero-order valence-electron chi connectivity index (χ0n) is 21.1. The first-order chi connectivity index (χ1) is 17.7. The third-order valence-electron chi connectivity index (χ3n) is 7.35. The smallest absolute Gasteiger partial charge is 0.299 e. The molecule has 1 N–H and O–H groups in total. The fourth-order valence-corrected chi connectivity index (χ4v) is 5.30. The van der Waals surface area contributed by atoms with E-state index in [-0.39, 0.29) is 5.69 Å². The van der Waals surface area contributed by atoms with Gasteiger partial charge in [-0.05, 0) is 59.7 Å². The molecular formula is C28H35N7O. The maximum Gasteiger partial charge on any atom is 0.328 e. The molecular weight excluding hydrogens is 450 g/mol. The monoisotopic (exact) mass is 485 g/mol. The summed E-state index contributed by atoms with van der Waals surface area (Å²) in [5.41, 5.74) is 5.06. The van der Waals surface area contributed by atoms with Gasteiger partial charge < -0.3 is 0 Å². The Bertz CT molecular complexity index is 1320. The van der Waals surface area contributed by atoms with Gasteiger partial charge in [0.05, 0.1) is 12.2 Å². The summed E-state index contributed by atoms with van der Waals surface area (Å²) in [4.78, 5) is 18.1. The lowest BCUT2D eigenvalue weighted by Gasteiger charge is -2.21. The Kier molecular flexibility index (Phi) is 7.69. The van der Waals surface area contributed by atoms with E-state index in [1.807, 2.05) is 39.6 Å². The Morgan fingerprint density at radius 1 is 1.06 bits per heavy atom. The van der Waals surface area contributed by atoms with Crippen molar-refractivity contribution in [3.8, 4) is 22.5 Å². The fraction of sp³-hybridized carbons (Fsp3) is 0.464. The van der Waals surface area contributed by atoms with Gasteiger partial charge in [0.1, 0.15) is 0 Å². The Morgan fingerprint density at radius 2 is 1.89 bits per heavy atom. The maximum atomic E-state index is 13.4. The summed E-state index contributed by atoms with van der Waals surface area (Å²) in [7, 11) is 0. The first-order valence-electron chi connectivity index (χ1n) is 13.3. The number of tetrazole rings is 1. The van der Waals surface area contributed by atoms with Crippen LogP contribution < -0.4 is 5.69 Å². The summed E-state index contributed by atoms with van der Waals surface area (Å²) >= 11 is 0. The number of aromatic amines is 1. The zero-order valence-corrected chi connectivity index (χ0v) is 21.1. The predicted molar refractivity (Wildman–Crippen MR) is 140 cm³/mol. The largest absolute Gasteiger partial charge is 0.328 e. The number of rotatable bonds is 10. The van der Waals surface area contributed by atoms with Crippen LogP contribution in [-0.4, -0.2) is 34.7 Å². The van der Waals surface area contributed by atoms with Gasteiger partial charge in [-0.3, -0.25) is 14.1 Å². The number of hydrogen-bond acceptors (Lipinski definition) is 5. The van der Waals surface area contributed by atoms with Crippen molar-refractivity contribution in [2.45, 2.75) is 77.8 Å². The molecule has 1 aliphatic rings. The molecule has 8 nitrogen and oxygen atoms in total. The molecule has 0 spiro atoms. The molecule has 188 valence electrons. The first-order valence-corrected chi connectivity index (χ1v) is 13.3. The molecule has 0 amide bonds. The molecule has 1 saturated carbocycles. The van der Waals surface area contributed by atoms with E-state index < -0.39 is 0 Å². The van der Waals surface area contributed by atoms with Crippen LogP contribution in [-0.2, 0) is 19.5 Å². The van der Waals surface area contributed by atoms with E-state index in [0.29, 0.717) is 12.4 Å². The summed E-state index contributed by atoms with van der Waals surface area (Å²) in [5.74, 6) is 1.32. The van der Waals surface area contributed by atoms with Crippen molar-refractivity contribution in [2.75, 3.05) is 0 Å². The summed E-state index contributed by atoms with van der Waals surface area (Å²) in [6.07, 6.45) is 14.8. The highest BCUT2D eigenvalue weighted by molar-refractivity contribution is 5.70. The summed E-state index contributed by atoms with van der Waals surface area (Å²) in [6.45, 7) is 3.48. The van der Waals surface area contributed by atoms with E-state index in [4.69, 9.17) is 0 Å². The van der Waals surface area contributed by atoms with E-state index in [1.165, 1.54) is 32.1 Å². The third-order valence-corrected chi connectivity index (χ3v) is 7.35. The van der Waals surface area contributed by atoms with E-state index in [1.54, 1.807) is 0 Å². The molecule has 3 heterocycles. The average Bonchev–Trinajstić information content (AvgIpc) is 3.56. The van der Waals surface area contributed by atoms with Crippen LogP contribution in [0.2, 0.25) is 0 Å². The molecule has 0 saturated heterocycles. The molecule has 0 radical (unpaired) electrons. The third kappa shape index (κ3) is 5.64. The summed E-state index contributed by atoms with van der Waals surface area (Å²) in [5, 5.41) is 14.3. The van der Waals surface area contributed by atoms with Crippen LogP contribution in [0.3, 0.4) is 0 Å². The second-order valence-electron chi connectivity index (χ2n) is 9.93. The molecule has 0 aliphatic heterocycles. The Labute approximate surface area is 211 Å². The molecule has 0 bridgehead atoms. The van der Waals surface area contributed by atoms with Gasteiger partial charge in [0, 0.05) is 30.2 Å². The minimum Gasteiger partial charge on any atom is -0.299 e. The highest BCUT2D eigenvalue weighted by Gasteiger charge is 2.17. The average molecular weight is 486 g/mol. The van der Waals surface area contributed by atoms with Crippen molar-refractivity contribution in [1.82, 2.24) is 34.7 Å². The van der Waals surface area contributed by atoms with Crippen molar-refractivity contribution in [1.29, 1.82) is 0 Å².